The zero-order valence-corrected chi connectivity index (χ0v) is 12.4. The number of nitrogens with zero attached hydrogens (tertiary/aromatic N) is 3. The fourth-order valence-electron chi connectivity index (χ4n) is 3.65. The predicted molar refractivity (Wildman–Crippen MR) is 79.2 cm³/mol. The summed E-state index contributed by atoms with van der Waals surface area (Å²) in [7, 11) is 0. The average Bonchev–Trinajstić information content (AvgIpc) is 3.34. The first-order valence-corrected chi connectivity index (χ1v) is 8.81. The molecule has 0 atom stereocenters. The van der Waals surface area contributed by atoms with Crippen molar-refractivity contribution in [1.29, 1.82) is 0 Å². The minimum Gasteiger partial charge on any atom is -0.311 e. The van der Waals surface area contributed by atoms with Crippen LogP contribution >= 0.6 is 11.3 Å². The molecule has 0 spiro atoms. The van der Waals surface area contributed by atoms with Crippen LogP contribution in [0.25, 0.3) is 0 Å². The van der Waals surface area contributed by atoms with E-state index in [0.717, 1.165) is 0 Å². The molecule has 3 saturated carbocycles. The van der Waals surface area contributed by atoms with Crippen LogP contribution in [0.1, 0.15) is 74.1 Å². The van der Waals surface area contributed by atoms with Crippen LogP contribution in [0.15, 0.2) is 16.8 Å². The lowest BCUT2D eigenvalue weighted by molar-refractivity contribution is 0.274. The summed E-state index contributed by atoms with van der Waals surface area (Å²) in [5, 5.41) is 13.8. The van der Waals surface area contributed by atoms with Gasteiger partial charge in [0.15, 0.2) is 0 Å². The SMILES string of the molecule is c1cc(C2(c3nnc(C4CC4)n3C3CC3)CCC2)cs1. The van der Waals surface area contributed by atoms with Crippen LogP contribution in [0.5, 0.6) is 0 Å². The lowest BCUT2D eigenvalue weighted by Crippen LogP contribution is -2.38. The quantitative estimate of drug-likeness (QED) is 0.849. The molecule has 0 aromatic carbocycles. The van der Waals surface area contributed by atoms with Crippen LogP contribution in [0, 0.1) is 0 Å². The summed E-state index contributed by atoms with van der Waals surface area (Å²) in [5.41, 5.74) is 1.66. The number of thiophene rings is 1. The van der Waals surface area contributed by atoms with Gasteiger partial charge in [-0.2, -0.15) is 11.3 Å². The second-order valence-corrected chi connectivity index (χ2v) is 7.48. The second kappa shape index (κ2) is 3.94. The van der Waals surface area contributed by atoms with Gasteiger partial charge < -0.3 is 4.57 Å². The number of aromatic nitrogens is 3. The third-order valence-corrected chi connectivity index (χ3v) is 5.97. The van der Waals surface area contributed by atoms with Crippen LogP contribution in [0.3, 0.4) is 0 Å². The van der Waals surface area contributed by atoms with E-state index in [1.807, 2.05) is 11.3 Å². The van der Waals surface area contributed by atoms with Crippen molar-refractivity contribution in [1.82, 2.24) is 14.8 Å². The minimum atomic E-state index is 0.183. The molecule has 5 rings (SSSR count). The van der Waals surface area contributed by atoms with Gasteiger partial charge in [0.1, 0.15) is 11.6 Å². The average molecular weight is 285 g/mol. The largest absolute Gasteiger partial charge is 0.311 e. The third kappa shape index (κ3) is 1.51. The van der Waals surface area contributed by atoms with E-state index >= 15 is 0 Å². The van der Waals surface area contributed by atoms with Gasteiger partial charge in [-0.05, 0) is 60.9 Å². The van der Waals surface area contributed by atoms with Gasteiger partial charge in [0.2, 0.25) is 0 Å². The van der Waals surface area contributed by atoms with E-state index < -0.39 is 0 Å². The molecule has 4 heteroatoms. The van der Waals surface area contributed by atoms with Gasteiger partial charge >= 0.3 is 0 Å². The molecule has 3 nitrogen and oxygen atoms in total. The molecule has 2 heterocycles. The van der Waals surface area contributed by atoms with E-state index in [0.29, 0.717) is 12.0 Å². The Morgan fingerprint density at radius 2 is 2.00 bits per heavy atom. The van der Waals surface area contributed by atoms with Crippen LogP contribution in [0.4, 0.5) is 0 Å². The first-order chi connectivity index (χ1) is 9.88. The number of hydrogen-bond acceptors (Lipinski definition) is 3. The van der Waals surface area contributed by atoms with E-state index in [4.69, 9.17) is 5.10 Å². The molecule has 104 valence electrons. The molecule has 2 aromatic rings. The molecule has 0 radical (unpaired) electrons. The standard InChI is InChI=1S/C16H19N3S/c1-7-16(8-1,12-6-9-20-10-12)15-18-17-14(11-2-3-11)19(15)13-4-5-13/h6,9-11,13H,1-5,7-8H2. The Bertz CT molecular complexity index is 631. The Labute approximate surface area is 123 Å². The lowest BCUT2D eigenvalue weighted by Gasteiger charge is -2.41. The molecule has 2 aromatic heterocycles. The van der Waals surface area contributed by atoms with Crippen molar-refractivity contribution in [3.63, 3.8) is 0 Å². The van der Waals surface area contributed by atoms with Gasteiger partial charge in [0.25, 0.3) is 0 Å². The maximum Gasteiger partial charge on any atom is 0.143 e. The molecular weight excluding hydrogens is 266 g/mol. The van der Waals surface area contributed by atoms with E-state index in [9.17, 15) is 0 Å². The van der Waals surface area contributed by atoms with E-state index in [-0.39, 0.29) is 5.41 Å². The first kappa shape index (κ1) is 11.5. The molecule has 0 bridgehead atoms. The summed E-state index contributed by atoms with van der Waals surface area (Å²) >= 11 is 1.81. The van der Waals surface area contributed by atoms with E-state index in [1.54, 1.807) is 0 Å². The maximum absolute atomic E-state index is 4.71. The summed E-state index contributed by atoms with van der Waals surface area (Å²) in [4.78, 5) is 0. The van der Waals surface area contributed by atoms with Crippen molar-refractivity contribution in [2.75, 3.05) is 0 Å². The van der Waals surface area contributed by atoms with E-state index in [1.165, 1.54) is 62.2 Å². The van der Waals surface area contributed by atoms with Crippen LogP contribution in [-0.4, -0.2) is 14.8 Å². The lowest BCUT2D eigenvalue weighted by atomic mass is 9.64. The number of rotatable bonds is 4. The fraction of sp³-hybridized carbons (Fsp3) is 0.625. The molecule has 0 amide bonds. The summed E-state index contributed by atoms with van der Waals surface area (Å²) in [6, 6.07) is 3.00. The van der Waals surface area contributed by atoms with Crippen molar-refractivity contribution in [3.05, 3.63) is 34.0 Å². The van der Waals surface area contributed by atoms with Crippen molar-refractivity contribution < 1.29 is 0 Å². The third-order valence-electron chi connectivity index (χ3n) is 5.29. The highest BCUT2D eigenvalue weighted by Gasteiger charge is 2.48. The molecular formula is C16H19N3S. The fourth-order valence-corrected chi connectivity index (χ4v) is 4.41. The predicted octanol–water partition coefficient (Wildman–Crippen LogP) is 4.02. The molecule has 0 unspecified atom stereocenters. The Kier molecular flexibility index (Phi) is 2.26. The van der Waals surface area contributed by atoms with Crippen molar-refractivity contribution in [2.24, 2.45) is 0 Å². The highest BCUT2D eigenvalue weighted by atomic mass is 32.1. The normalized spacial score (nSPS) is 24.6. The zero-order chi connectivity index (χ0) is 13.2. The van der Waals surface area contributed by atoms with E-state index in [2.05, 4.69) is 26.5 Å². The number of hydrogen-bond donors (Lipinski definition) is 0. The van der Waals surface area contributed by atoms with Gasteiger partial charge in [0, 0.05) is 12.0 Å². The van der Waals surface area contributed by atoms with Gasteiger partial charge in [-0.25, -0.2) is 0 Å². The summed E-state index contributed by atoms with van der Waals surface area (Å²) in [6.07, 6.45) is 9.10. The molecule has 0 aliphatic heterocycles. The first-order valence-electron chi connectivity index (χ1n) is 7.86. The Morgan fingerprint density at radius 3 is 2.55 bits per heavy atom. The maximum atomic E-state index is 4.71. The van der Waals surface area contributed by atoms with Crippen LogP contribution < -0.4 is 0 Å². The van der Waals surface area contributed by atoms with Crippen molar-refractivity contribution in [2.45, 2.75) is 62.3 Å². The zero-order valence-electron chi connectivity index (χ0n) is 11.6. The summed E-state index contributed by atoms with van der Waals surface area (Å²) in [5.74, 6) is 3.28. The molecule has 3 aliphatic rings. The summed E-state index contributed by atoms with van der Waals surface area (Å²) in [6.45, 7) is 0. The van der Waals surface area contributed by atoms with Crippen LogP contribution in [-0.2, 0) is 5.41 Å². The van der Waals surface area contributed by atoms with Crippen LogP contribution in [0.2, 0.25) is 0 Å². The molecule has 0 saturated heterocycles. The van der Waals surface area contributed by atoms with Gasteiger partial charge in [0.05, 0.1) is 5.41 Å². The Balaban J connectivity index is 1.66. The Hall–Kier alpha value is -1.16. The van der Waals surface area contributed by atoms with Crippen molar-refractivity contribution in [3.8, 4) is 0 Å². The molecule has 20 heavy (non-hydrogen) atoms. The van der Waals surface area contributed by atoms with Gasteiger partial charge in [-0.1, -0.05) is 6.42 Å². The molecule has 3 fully saturated rings. The molecule has 3 aliphatic carbocycles. The highest BCUT2D eigenvalue weighted by molar-refractivity contribution is 7.08. The monoisotopic (exact) mass is 285 g/mol. The van der Waals surface area contributed by atoms with Gasteiger partial charge in [-0.3, -0.25) is 0 Å². The topological polar surface area (TPSA) is 30.7 Å². The molecule has 0 N–H and O–H groups in total. The smallest absolute Gasteiger partial charge is 0.143 e. The Morgan fingerprint density at radius 1 is 1.15 bits per heavy atom. The highest BCUT2D eigenvalue weighted by Crippen LogP contribution is 2.53. The van der Waals surface area contributed by atoms with Crippen molar-refractivity contribution >= 4 is 11.3 Å². The second-order valence-electron chi connectivity index (χ2n) is 6.70. The summed E-state index contributed by atoms with van der Waals surface area (Å²) < 4.78 is 2.55. The minimum absolute atomic E-state index is 0.183. The van der Waals surface area contributed by atoms with Gasteiger partial charge in [-0.15, -0.1) is 10.2 Å².